The molecule has 0 aromatic heterocycles. The highest BCUT2D eigenvalue weighted by atomic mass is 79.9. The summed E-state index contributed by atoms with van der Waals surface area (Å²) in [6.07, 6.45) is 0. The summed E-state index contributed by atoms with van der Waals surface area (Å²) in [5.41, 5.74) is 1.15. The minimum Gasteiger partial charge on any atom is -0.350 e. The number of nitrogens with one attached hydrogen (secondary N) is 2. The van der Waals surface area contributed by atoms with Gasteiger partial charge in [-0.05, 0) is 43.7 Å². The summed E-state index contributed by atoms with van der Waals surface area (Å²) < 4.78 is 25.4. The van der Waals surface area contributed by atoms with Gasteiger partial charge in [0.15, 0.2) is 9.84 Å². The fraction of sp³-hybridized carbons (Fsp3) is 0.263. The maximum absolute atomic E-state index is 12.3. The van der Waals surface area contributed by atoms with Gasteiger partial charge in [0, 0.05) is 10.5 Å². The summed E-state index contributed by atoms with van der Waals surface area (Å²) in [5.74, 6) is -1.93. The van der Waals surface area contributed by atoms with Crippen LogP contribution in [0.5, 0.6) is 0 Å². The standard InChI is InChI=1S/C19H21BrN2O4S/c1-13(2)21-19(24)16-8-3-4-9-17(16)22-18(23)12-27(25,26)11-14-6-5-7-15(20)10-14/h3-10,13H,11-12H2,1-2H3,(H,21,24)(H,22,23). The lowest BCUT2D eigenvalue weighted by molar-refractivity contribution is -0.113. The molecule has 0 saturated carbocycles. The number of para-hydroxylation sites is 1. The van der Waals surface area contributed by atoms with Crippen LogP contribution in [0.25, 0.3) is 0 Å². The van der Waals surface area contributed by atoms with Crippen molar-refractivity contribution < 1.29 is 18.0 Å². The van der Waals surface area contributed by atoms with E-state index in [9.17, 15) is 18.0 Å². The maximum Gasteiger partial charge on any atom is 0.253 e. The summed E-state index contributed by atoms with van der Waals surface area (Å²) in [4.78, 5) is 24.5. The van der Waals surface area contributed by atoms with Crippen molar-refractivity contribution in [2.45, 2.75) is 25.6 Å². The number of hydrogen-bond acceptors (Lipinski definition) is 4. The van der Waals surface area contributed by atoms with Crippen LogP contribution in [0.15, 0.2) is 53.0 Å². The third kappa shape index (κ3) is 6.80. The van der Waals surface area contributed by atoms with Crippen molar-refractivity contribution >= 4 is 43.3 Å². The molecule has 0 bridgehead atoms. The van der Waals surface area contributed by atoms with Crippen LogP contribution in [-0.4, -0.2) is 32.0 Å². The predicted octanol–water partition coefficient (Wildman–Crippen LogP) is 3.14. The second-order valence-electron chi connectivity index (χ2n) is 6.38. The quantitative estimate of drug-likeness (QED) is 0.674. The van der Waals surface area contributed by atoms with E-state index in [4.69, 9.17) is 0 Å². The molecular formula is C19H21BrN2O4S. The smallest absolute Gasteiger partial charge is 0.253 e. The average molecular weight is 453 g/mol. The molecule has 2 rings (SSSR count). The van der Waals surface area contributed by atoms with Gasteiger partial charge in [-0.25, -0.2) is 8.42 Å². The fourth-order valence-electron chi connectivity index (χ4n) is 2.45. The molecule has 0 aliphatic heterocycles. The number of benzene rings is 2. The summed E-state index contributed by atoms with van der Waals surface area (Å²) in [5, 5.41) is 5.28. The lowest BCUT2D eigenvalue weighted by atomic mass is 10.1. The zero-order valence-electron chi connectivity index (χ0n) is 15.0. The van der Waals surface area contributed by atoms with E-state index in [1.165, 1.54) is 0 Å². The van der Waals surface area contributed by atoms with E-state index in [0.717, 1.165) is 4.47 Å². The first-order valence-electron chi connectivity index (χ1n) is 8.31. The molecule has 6 nitrogen and oxygen atoms in total. The summed E-state index contributed by atoms with van der Waals surface area (Å²) in [7, 11) is -3.66. The SMILES string of the molecule is CC(C)NC(=O)c1ccccc1NC(=O)CS(=O)(=O)Cc1cccc(Br)c1. The number of anilines is 1. The Hall–Kier alpha value is -2.19. The number of halogens is 1. The van der Waals surface area contributed by atoms with Gasteiger partial charge >= 0.3 is 0 Å². The average Bonchev–Trinajstić information content (AvgIpc) is 2.53. The third-order valence-corrected chi connectivity index (χ3v) is 5.46. The fourth-order valence-corrected chi connectivity index (χ4v) is 4.16. The number of amides is 2. The van der Waals surface area contributed by atoms with E-state index in [2.05, 4.69) is 26.6 Å². The predicted molar refractivity (Wildman–Crippen MR) is 109 cm³/mol. The molecule has 0 atom stereocenters. The molecule has 0 radical (unpaired) electrons. The summed E-state index contributed by atoms with van der Waals surface area (Å²) in [6, 6.07) is 13.3. The van der Waals surface area contributed by atoms with Crippen molar-refractivity contribution in [3.05, 3.63) is 64.1 Å². The first kappa shape index (κ1) is 21.1. The monoisotopic (exact) mass is 452 g/mol. The normalized spacial score (nSPS) is 11.3. The van der Waals surface area contributed by atoms with Gasteiger partial charge in [-0.2, -0.15) is 0 Å². The van der Waals surface area contributed by atoms with Gasteiger partial charge in [-0.1, -0.05) is 40.2 Å². The van der Waals surface area contributed by atoms with Gasteiger partial charge in [-0.15, -0.1) is 0 Å². The van der Waals surface area contributed by atoms with Crippen LogP contribution in [0.3, 0.4) is 0 Å². The molecule has 2 amide bonds. The zero-order chi connectivity index (χ0) is 20.0. The summed E-state index contributed by atoms with van der Waals surface area (Å²) >= 11 is 3.29. The Morgan fingerprint density at radius 1 is 1.07 bits per heavy atom. The van der Waals surface area contributed by atoms with E-state index < -0.39 is 21.5 Å². The van der Waals surface area contributed by atoms with Gasteiger partial charge in [0.2, 0.25) is 5.91 Å². The lowest BCUT2D eigenvalue weighted by Crippen LogP contribution is -2.31. The number of rotatable bonds is 7. The van der Waals surface area contributed by atoms with Gasteiger partial charge in [0.1, 0.15) is 5.75 Å². The van der Waals surface area contributed by atoms with Gasteiger partial charge in [0.05, 0.1) is 17.0 Å². The molecule has 2 aromatic carbocycles. The lowest BCUT2D eigenvalue weighted by Gasteiger charge is -2.13. The van der Waals surface area contributed by atoms with E-state index in [1.54, 1.807) is 48.5 Å². The Balaban J connectivity index is 2.08. The van der Waals surface area contributed by atoms with Crippen LogP contribution in [0.2, 0.25) is 0 Å². The zero-order valence-corrected chi connectivity index (χ0v) is 17.4. The first-order valence-corrected chi connectivity index (χ1v) is 10.9. The highest BCUT2D eigenvalue weighted by Gasteiger charge is 2.20. The Morgan fingerprint density at radius 2 is 1.78 bits per heavy atom. The van der Waals surface area contributed by atoms with Crippen LogP contribution in [0, 0.1) is 0 Å². The molecule has 2 N–H and O–H groups in total. The van der Waals surface area contributed by atoms with Crippen molar-refractivity contribution in [2.75, 3.05) is 11.1 Å². The Labute approximate surface area is 167 Å². The van der Waals surface area contributed by atoms with Crippen molar-refractivity contribution in [2.24, 2.45) is 0 Å². The highest BCUT2D eigenvalue weighted by molar-refractivity contribution is 9.10. The van der Waals surface area contributed by atoms with E-state index in [-0.39, 0.29) is 29.0 Å². The maximum atomic E-state index is 12.3. The molecule has 0 heterocycles. The topological polar surface area (TPSA) is 92.3 Å². The van der Waals surface area contributed by atoms with Gasteiger partial charge < -0.3 is 10.6 Å². The largest absolute Gasteiger partial charge is 0.350 e. The van der Waals surface area contributed by atoms with E-state index >= 15 is 0 Å². The molecule has 2 aromatic rings. The molecule has 0 aliphatic rings. The molecule has 8 heteroatoms. The van der Waals surface area contributed by atoms with E-state index in [0.29, 0.717) is 5.56 Å². The van der Waals surface area contributed by atoms with Crippen molar-refractivity contribution in [1.29, 1.82) is 0 Å². The van der Waals surface area contributed by atoms with Gasteiger partial charge in [-0.3, -0.25) is 9.59 Å². The van der Waals surface area contributed by atoms with Crippen LogP contribution >= 0.6 is 15.9 Å². The number of sulfone groups is 1. The second-order valence-corrected chi connectivity index (χ2v) is 9.36. The summed E-state index contributed by atoms with van der Waals surface area (Å²) in [6.45, 7) is 3.65. The van der Waals surface area contributed by atoms with Crippen LogP contribution in [0.1, 0.15) is 29.8 Å². The number of hydrogen-bond donors (Lipinski definition) is 2. The van der Waals surface area contributed by atoms with Crippen molar-refractivity contribution in [3.63, 3.8) is 0 Å². The molecular weight excluding hydrogens is 432 g/mol. The van der Waals surface area contributed by atoms with Crippen LogP contribution in [0.4, 0.5) is 5.69 Å². The highest BCUT2D eigenvalue weighted by Crippen LogP contribution is 2.17. The Bertz CT molecular complexity index is 942. The second kappa shape index (κ2) is 9.14. The number of carbonyl (C=O) groups is 2. The van der Waals surface area contributed by atoms with Crippen LogP contribution in [-0.2, 0) is 20.4 Å². The minimum atomic E-state index is -3.66. The number of carbonyl (C=O) groups excluding carboxylic acids is 2. The molecule has 0 aliphatic carbocycles. The Kier molecular flexibility index (Phi) is 7.15. The van der Waals surface area contributed by atoms with Gasteiger partial charge in [0.25, 0.3) is 5.91 Å². The Morgan fingerprint density at radius 3 is 2.44 bits per heavy atom. The molecule has 27 heavy (non-hydrogen) atoms. The molecule has 0 spiro atoms. The minimum absolute atomic E-state index is 0.0631. The first-order chi connectivity index (χ1) is 12.7. The molecule has 0 saturated heterocycles. The third-order valence-electron chi connectivity index (χ3n) is 3.49. The van der Waals surface area contributed by atoms with E-state index in [1.807, 2.05) is 13.8 Å². The van der Waals surface area contributed by atoms with Crippen molar-refractivity contribution in [1.82, 2.24) is 5.32 Å². The molecule has 0 unspecified atom stereocenters. The van der Waals surface area contributed by atoms with Crippen LogP contribution < -0.4 is 10.6 Å². The van der Waals surface area contributed by atoms with Crippen molar-refractivity contribution in [3.8, 4) is 0 Å². The molecule has 0 fully saturated rings. The molecule has 144 valence electrons.